The molecule has 2 aromatic carbocycles. The van der Waals surface area contributed by atoms with Crippen LogP contribution in [0.2, 0.25) is 0 Å². The summed E-state index contributed by atoms with van der Waals surface area (Å²) in [6.07, 6.45) is 1.52. The molecule has 2 aromatic rings. The molecule has 0 radical (unpaired) electrons. The SMILES string of the molecule is CCc1ccc(NC2=C(c3ccc(OCC(C)C)cc3)C(=O)N(CCCOC)C2=O)cc1. The van der Waals surface area contributed by atoms with Crippen LogP contribution in [0.15, 0.2) is 54.2 Å². The van der Waals surface area contributed by atoms with E-state index in [1.165, 1.54) is 10.5 Å². The van der Waals surface area contributed by atoms with Gasteiger partial charge in [0.25, 0.3) is 11.8 Å². The van der Waals surface area contributed by atoms with E-state index in [1.54, 1.807) is 7.11 Å². The van der Waals surface area contributed by atoms with Gasteiger partial charge in [-0.3, -0.25) is 14.5 Å². The molecule has 0 bridgehead atoms. The van der Waals surface area contributed by atoms with E-state index in [9.17, 15) is 9.59 Å². The first-order chi connectivity index (χ1) is 15.4. The number of aryl methyl sites for hydroxylation is 1. The highest BCUT2D eigenvalue weighted by Gasteiger charge is 2.38. The Hall–Kier alpha value is -3.12. The van der Waals surface area contributed by atoms with Gasteiger partial charge in [0, 0.05) is 25.9 Å². The number of benzene rings is 2. The van der Waals surface area contributed by atoms with Crippen molar-refractivity contribution in [3.8, 4) is 5.75 Å². The molecule has 1 heterocycles. The summed E-state index contributed by atoms with van der Waals surface area (Å²) in [7, 11) is 1.60. The third-order valence-electron chi connectivity index (χ3n) is 5.26. The molecule has 0 aliphatic carbocycles. The molecule has 1 aliphatic heterocycles. The van der Waals surface area contributed by atoms with Crippen LogP contribution in [-0.4, -0.2) is 43.6 Å². The Balaban J connectivity index is 1.91. The Morgan fingerprint density at radius 1 is 0.969 bits per heavy atom. The van der Waals surface area contributed by atoms with Gasteiger partial charge in [0.15, 0.2) is 0 Å². The first-order valence-corrected chi connectivity index (χ1v) is 11.1. The maximum Gasteiger partial charge on any atom is 0.278 e. The zero-order chi connectivity index (χ0) is 23.1. The van der Waals surface area contributed by atoms with Crippen molar-refractivity contribution in [2.75, 3.05) is 32.2 Å². The average molecular weight is 437 g/mol. The fraction of sp³-hybridized carbons (Fsp3) is 0.385. The van der Waals surface area contributed by atoms with Crippen LogP contribution in [0.1, 0.15) is 38.3 Å². The van der Waals surface area contributed by atoms with Crippen LogP contribution >= 0.6 is 0 Å². The Morgan fingerprint density at radius 2 is 1.66 bits per heavy atom. The summed E-state index contributed by atoms with van der Waals surface area (Å²) >= 11 is 0. The van der Waals surface area contributed by atoms with Crippen LogP contribution in [0, 0.1) is 5.92 Å². The largest absolute Gasteiger partial charge is 0.493 e. The van der Waals surface area contributed by atoms with Gasteiger partial charge in [-0.1, -0.05) is 45.0 Å². The van der Waals surface area contributed by atoms with E-state index in [1.807, 2.05) is 48.5 Å². The third-order valence-corrected chi connectivity index (χ3v) is 5.26. The average Bonchev–Trinajstić information content (AvgIpc) is 3.03. The molecular weight excluding hydrogens is 404 g/mol. The highest BCUT2D eigenvalue weighted by atomic mass is 16.5. The fourth-order valence-corrected chi connectivity index (χ4v) is 3.48. The molecular formula is C26H32N2O4. The highest BCUT2D eigenvalue weighted by molar-refractivity contribution is 6.36. The van der Waals surface area contributed by atoms with Crippen LogP contribution < -0.4 is 10.1 Å². The summed E-state index contributed by atoms with van der Waals surface area (Å²) in [6.45, 7) is 7.68. The van der Waals surface area contributed by atoms with Crippen molar-refractivity contribution >= 4 is 23.1 Å². The molecule has 0 aromatic heterocycles. The second kappa shape index (κ2) is 11.0. The number of methoxy groups -OCH3 is 1. The van der Waals surface area contributed by atoms with Gasteiger partial charge in [0.2, 0.25) is 0 Å². The number of nitrogens with one attached hydrogen (secondary N) is 1. The monoisotopic (exact) mass is 436 g/mol. The number of hydrogen-bond donors (Lipinski definition) is 1. The predicted octanol–water partition coefficient (Wildman–Crippen LogP) is 4.51. The first-order valence-electron chi connectivity index (χ1n) is 11.1. The Morgan fingerprint density at radius 3 is 2.25 bits per heavy atom. The van der Waals surface area contributed by atoms with Crippen LogP contribution in [0.25, 0.3) is 5.57 Å². The van der Waals surface area contributed by atoms with Gasteiger partial charge in [-0.2, -0.15) is 0 Å². The maximum atomic E-state index is 13.2. The van der Waals surface area contributed by atoms with Crippen molar-refractivity contribution in [3.05, 3.63) is 65.4 Å². The lowest BCUT2D eigenvalue weighted by atomic mass is 10.0. The number of ether oxygens (including phenoxy) is 2. The number of amides is 2. The Labute approximate surface area is 190 Å². The van der Waals surface area contributed by atoms with E-state index < -0.39 is 0 Å². The molecule has 0 saturated heterocycles. The van der Waals surface area contributed by atoms with Crippen LogP contribution in [-0.2, 0) is 20.7 Å². The molecule has 32 heavy (non-hydrogen) atoms. The van der Waals surface area contributed by atoms with Gasteiger partial charge in [-0.05, 0) is 54.2 Å². The topological polar surface area (TPSA) is 67.9 Å². The van der Waals surface area contributed by atoms with E-state index in [-0.39, 0.29) is 11.8 Å². The van der Waals surface area contributed by atoms with Crippen molar-refractivity contribution in [2.45, 2.75) is 33.6 Å². The second-order valence-electron chi connectivity index (χ2n) is 8.26. The fourth-order valence-electron chi connectivity index (χ4n) is 3.48. The zero-order valence-corrected chi connectivity index (χ0v) is 19.3. The quantitative estimate of drug-likeness (QED) is 0.415. The number of carbonyl (C=O) groups excluding carboxylic acids is 2. The molecule has 3 rings (SSSR count). The Bertz CT molecular complexity index is 962. The van der Waals surface area contributed by atoms with Gasteiger partial charge in [0.05, 0.1) is 12.2 Å². The molecule has 6 nitrogen and oxygen atoms in total. The molecule has 0 unspecified atom stereocenters. The molecule has 2 amide bonds. The standard InChI is InChI=1S/C26H32N2O4/c1-5-19-7-11-21(12-8-19)27-24-23(25(29)28(26(24)30)15-6-16-31-4)20-9-13-22(14-10-20)32-17-18(2)3/h7-14,18,27H,5-6,15-17H2,1-4H3. The number of carbonyl (C=O) groups is 2. The number of nitrogens with zero attached hydrogens (tertiary/aromatic N) is 1. The normalized spacial score (nSPS) is 14.0. The molecule has 1 aliphatic rings. The van der Waals surface area contributed by atoms with Crippen molar-refractivity contribution in [3.63, 3.8) is 0 Å². The van der Waals surface area contributed by atoms with E-state index >= 15 is 0 Å². The smallest absolute Gasteiger partial charge is 0.278 e. The number of anilines is 1. The van der Waals surface area contributed by atoms with Crippen LogP contribution in [0.5, 0.6) is 5.75 Å². The lowest BCUT2D eigenvalue weighted by molar-refractivity contribution is -0.136. The third kappa shape index (κ3) is 5.56. The predicted molar refractivity (Wildman–Crippen MR) is 126 cm³/mol. The number of rotatable bonds is 11. The van der Waals surface area contributed by atoms with E-state index in [0.29, 0.717) is 48.9 Å². The molecule has 6 heteroatoms. The summed E-state index contributed by atoms with van der Waals surface area (Å²) < 4.78 is 10.8. The molecule has 0 fully saturated rings. The first kappa shape index (κ1) is 23.5. The zero-order valence-electron chi connectivity index (χ0n) is 19.3. The molecule has 0 atom stereocenters. The Kier molecular flexibility index (Phi) is 8.06. The van der Waals surface area contributed by atoms with Crippen LogP contribution in [0.4, 0.5) is 5.69 Å². The minimum atomic E-state index is -0.319. The second-order valence-corrected chi connectivity index (χ2v) is 8.26. The lowest BCUT2D eigenvalue weighted by Gasteiger charge is -2.15. The van der Waals surface area contributed by atoms with Crippen LogP contribution in [0.3, 0.4) is 0 Å². The molecule has 0 spiro atoms. The summed E-state index contributed by atoms with van der Waals surface area (Å²) in [5, 5.41) is 3.20. The summed E-state index contributed by atoms with van der Waals surface area (Å²) in [5.74, 6) is 0.541. The van der Waals surface area contributed by atoms with E-state index in [2.05, 4.69) is 26.1 Å². The van der Waals surface area contributed by atoms with E-state index in [0.717, 1.165) is 17.9 Å². The van der Waals surface area contributed by atoms with Gasteiger partial charge < -0.3 is 14.8 Å². The van der Waals surface area contributed by atoms with Crippen molar-refractivity contribution in [2.24, 2.45) is 5.92 Å². The summed E-state index contributed by atoms with van der Waals surface area (Å²) in [4.78, 5) is 27.7. The molecule has 0 saturated carbocycles. The molecule has 1 N–H and O–H groups in total. The minimum absolute atomic E-state index is 0.297. The van der Waals surface area contributed by atoms with Crippen molar-refractivity contribution in [1.29, 1.82) is 0 Å². The summed E-state index contributed by atoms with van der Waals surface area (Å²) in [5.41, 5.74) is 3.33. The highest BCUT2D eigenvalue weighted by Crippen LogP contribution is 2.31. The minimum Gasteiger partial charge on any atom is -0.493 e. The summed E-state index contributed by atoms with van der Waals surface area (Å²) in [6, 6.07) is 15.2. The number of imide groups is 1. The van der Waals surface area contributed by atoms with Crippen molar-refractivity contribution < 1.29 is 19.1 Å². The maximum absolute atomic E-state index is 13.2. The lowest BCUT2D eigenvalue weighted by Crippen LogP contribution is -2.33. The van der Waals surface area contributed by atoms with Gasteiger partial charge in [-0.15, -0.1) is 0 Å². The van der Waals surface area contributed by atoms with Crippen molar-refractivity contribution in [1.82, 2.24) is 4.90 Å². The molecule has 170 valence electrons. The number of hydrogen-bond acceptors (Lipinski definition) is 5. The van der Waals surface area contributed by atoms with E-state index in [4.69, 9.17) is 9.47 Å². The van der Waals surface area contributed by atoms with Gasteiger partial charge in [0.1, 0.15) is 11.4 Å². The van der Waals surface area contributed by atoms with Gasteiger partial charge >= 0.3 is 0 Å². The van der Waals surface area contributed by atoms with Gasteiger partial charge in [-0.25, -0.2) is 0 Å².